The van der Waals surface area contributed by atoms with E-state index in [9.17, 15) is 14.9 Å². The van der Waals surface area contributed by atoms with E-state index in [1.165, 1.54) is 0 Å². The molecule has 0 unspecified atom stereocenters. The van der Waals surface area contributed by atoms with Crippen LogP contribution in [-0.2, 0) is 0 Å². The Morgan fingerprint density at radius 1 is 1.59 bits per heavy atom. The molecule has 0 aromatic carbocycles. The van der Waals surface area contributed by atoms with Gasteiger partial charge in [-0.25, -0.2) is 9.78 Å². The molecule has 0 aliphatic heterocycles. The summed E-state index contributed by atoms with van der Waals surface area (Å²) in [6, 6.07) is 0.984. The monoisotopic (exact) mass is 242 g/mol. The van der Waals surface area contributed by atoms with Crippen molar-refractivity contribution in [1.29, 1.82) is 0 Å². The van der Waals surface area contributed by atoms with Crippen LogP contribution in [0.25, 0.3) is 0 Å². The summed E-state index contributed by atoms with van der Waals surface area (Å²) in [6.07, 6.45) is 1.19. The predicted molar refractivity (Wildman–Crippen MR) is 55.0 cm³/mol. The zero-order chi connectivity index (χ0) is 12.8. The SMILES string of the molecule is O=C(O)c1cc(OCCCO)ncc1[N+](=O)[O-]. The highest BCUT2D eigenvalue weighted by molar-refractivity contribution is 5.92. The van der Waals surface area contributed by atoms with Gasteiger partial charge in [0.1, 0.15) is 11.8 Å². The number of aliphatic hydroxyl groups is 1. The molecular formula is C9H10N2O6. The third-order valence-corrected chi connectivity index (χ3v) is 1.84. The summed E-state index contributed by atoms with van der Waals surface area (Å²) in [5.74, 6) is -1.45. The molecule has 0 aliphatic carbocycles. The van der Waals surface area contributed by atoms with Gasteiger partial charge in [0.25, 0.3) is 0 Å². The summed E-state index contributed by atoms with van der Waals surface area (Å²) >= 11 is 0. The number of nitro groups is 1. The van der Waals surface area contributed by atoms with Crippen LogP contribution in [0.15, 0.2) is 12.3 Å². The molecule has 0 aliphatic rings. The number of nitrogens with zero attached hydrogens (tertiary/aromatic N) is 2. The molecule has 92 valence electrons. The minimum absolute atomic E-state index is 0.0264. The topological polar surface area (TPSA) is 123 Å². The lowest BCUT2D eigenvalue weighted by Crippen LogP contribution is -2.06. The Morgan fingerprint density at radius 2 is 2.29 bits per heavy atom. The molecule has 0 saturated heterocycles. The third kappa shape index (κ3) is 3.38. The Morgan fingerprint density at radius 3 is 2.82 bits per heavy atom. The van der Waals surface area contributed by atoms with Gasteiger partial charge in [0.15, 0.2) is 0 Å². The molecular weight excluding hydrogens is 232 g/mol. The van der Waals surface area contributed by atoms with Crippen molar-refractivity contribution >= 4 is 11.7 Å². The van der Waals surface area contributed by atoms with Gasteiger partial charge < -0.3 is 14.9 Å². The maximum Gasteiger partial charge on any atom is 0.342 e. The van der Waals surface area contributed by atoms with Gasteiger partial charge in [0, 0.05) is 19.1 Å². The molecule has 0 atom stereocenters. The van der Waals surface area contributed by atoms with E-state index in [2.05, 4.69) is 4.98 Å². The maximum absolute atomic E-state index is 10.8. The molecule has 8 nitrogen and oxygen atoms in total. The first-order valence-corrected chi connectivity index (χ1v) is 4.67. The van der Waals surface area contributed by atoms with Gasteiger partial charge in [-0.2, -0.15) is 0 Å². The molecule has 0 radical (unpaired) electrons. The normalized spacial score (nSPS) is 9.94. The van der Waals surface area contributed by atoms with E-state index in [4.69, 9.17) is 14.9 Å². The van der Waals surface area contributed by atoms with Crippen molar-refractivity contribution < 1.29 is 24.7 Å². The predicted octanol–water partition coefficient (Wildman–Crippen LogP) is 0.449. The molecule has 0 amide bonds. The van der Waals surface area contributed by atoms with Crippen molar-refractivity contribution in [2.75, 3.05) is 13.2 Å². The van der Waals surface area contributed by atoms with Crippen molar-refractivity contribution in [2.45, 2.75) is 6.42 Å². The molecule has 0 spiro atoms. The summed E-state index contributed by atoms with van der Waals surface area (Å²) in [5, 5.41) is 27.8. The highest BCUT2D eigenvalue weighted by atomic mass is 16.6. The number of hydrogen-bond donors (Lipinski definition) is 2. The summed E-state index contributed by atoms with van der Waals surface area (Å²) in [6.45, 7) is 0.0825. The van der Waals surface area contributed by atoms with Gasteiger partial charge in [-0.05, 0) is 0 Å². The lowest BCUT2D eigenvalue weighted by Gasteiger charge is -2.04. The average Bonchev–Trinajstić information content (AvgIpc) is 2.29. The molecule has 1 aromatic heterocycles. The van der Waals surface area contributed by atoms with Gasteiger partial charge in [0.2, 0.25) is 5.88 Å². The van der Waals surface area contributed by atoms with Crippen LogP contribution in [0.5, 0.6) is 5.88 Å². The lowest BCUT2D eigenvalue weighted by molar-refractivity contribution is -0.385. The highest BCUT2D eigenvalue weighted by Gasteiger charge is 2.21. The van der Waals surface area contributed by atoms with Crippen LogP contribution in [0.2, 0.25) is 0 Å². The number of aliphatic hydroxyl groups excluding tert-OH is 1. The minimum atomic E-state index is -1.42. The number of hydrogen-bond acceptors (Lipinski definition) is 6. The molecule has 0 saturated carbocycles. The van der Waals surface area contributed by atoms with E-state index in [0.29, 0.717) is 6.42 Å². The van der Waals surface area contributed by atoms with E-state index in [1.807, 2.05) is 0 Å². The number of carboxylic acid groups (broad SMARTS) is 1. The average molecular weight is 242 g/mol. The molecule has 1 aromatic rings. The fraction of sp³-hybridized carbons (Fsp3) is 0.333. The summed E-state index contributed by atoms with van der Waals surface area (Å²) in [4.78, 5) is 24.1. The molecule has 2 N–H and O–H groups in total. The highest BCUT2D eigenvalue weighted by Crippen LogP contribution is 2.21. The van der Waals surface area contributed by atoms with E-state index in [1.54, 1.807) is 0 Å². The fourth-order valence-corrected chi connectivity index (χ4v) is 1.07. The van der Waals surface area contributed by atoms with E-state index < -0.39 is 22.1 Å². The van der Waals surface area contributed by atoms with Crippen LogP contribution < -0.4 is 4.74 Å². The van der Waals surface area contributed by atoms with E-state index >= 15 is 0 Å². The maximum atomic E-state index is 10.8. The zero-order valence-electron chi connectivity index (χ0n) is 8.70. The second-order valence-electron chi connectivity index (χ2n) is 3.03. The van der Waals surface area contributed by atoms with Gasteiger partial charge in [-0.15, -0.1) is 0 Å². The number of aromatic carboxylic acids is 1. The molecule has 1 heterocycles. The number of carboxylic acids is 1. The Labute approximate surface area is 95.6 Å². The number of carbonyl (C=O) groups is 1. The number of rotatable bonds is 6. The minimum Gasteiger partial charge on any atom is -0.478 e. The summed E-state index contributed by atoms with van der Waals surface area (Å²) in [5.41, 5.74) is -1.07. The number of ether oxygens (including phenoxy) is 1. The smallest absolute Gasteiger partial charge is 0.342 e. The second-order valence-corrected chi connectivity index (χ2v) is 3.03. The van der Waals surface area contributed by atoms with Gasteiger partial charge in [-0.1, -0.05) is 0 Å². The molecule has 8 heteroatoms. The number of pyridine rings is 1. The van der Waals surface area contributed by atoms with Crippen LogP contribution in [-0.4, -0.2) is 39.3 Å². The van der Waals surface area contributed by atoms with Crippen LogP contribution >= 0.6 is 0 Å². The first-order chi connectivity index (χ1) is 8.06. The molecule has 0 fully saturated rings. The second kappa shape index (κ2) is 5.75. The Kier molecular flexibility index (Phi) is 4.35. The first kappa shape index (κ1) is 12.8. The third-order valence-electron chi connectivity index (χ3n) is 1.84. The standard InChI is InChI=1S/C9H10N2O6/c12-2-1-3-17-8-4-6(9(13)14)7(5-10-8)11(15)16/h4-5,12H,1-3H2,(H,13,14). The summed E-state index contributed by atoms with van der Waals surface area (Å²) < 4.78 is 5.01. The summed E-state index contributed by atoms with van der Waals surface area (Å²) in [7, 11) is 0. The van der Waals surface area contributed by atoms with Gasteiger partial charge >= 0.3 is 11.7 Å². The molecule has 17 heavy (non-hydrogen) atoms. The largest absolute Gasteiger partial charge is 0.478 e. The fourth-order valence-electron chi connectivity index (χ4n) is 1.07. The van der Waals surface area contributed by atoms with Gasteiger partial charge in [-0.3, -0.25) is 10.1 Å². The van der Waals surface area contributed by atoms with Crippen molar-refractivity contribution in [2.24, 2.45) is 0 Å². The van der Waals surface area contributed by atoms with Crippen LogP contribution in [0, 0.1) is 10.1 Å². The van der Waals surface area contributed by atoms with E-state index in [-0.39, 0.29) is 19.1 Å². The first-order valence-electron chi connectivity index (χ1n) is 4.67. The van der Waals surface area contributed by atoms with Crippen molar-refractivity contribution in [3.8, 4) is 5.88 Å². The quantitative estimate of drug-likeness (QED) is 0.421. The van der Waals surface area contributed by atoms with Crippen LogP contribution in [0.4, 0.5) is 5.69 Å². The Balaban J connectivity index is 2.94. The van der Waals surface area contributed by atoms with Crippen molar-refractivity contribution in [3.63, 3.8) is 0 Å². The lowest BCUT2D eigenvalue weighted by atomic mass is 10.2. The van der Waals surface area contributed by atoms with Crippen LogP contribution in [0.1, 0.15) is 16.8 Å². The molecule has 1 rings (SSSR count). The van der Waals surface area contributed by atoms with Crippen molar-refractivity contribution in [1.82, 2.24) is 4.98 Å². The zero-order valence-corrected chi connectivity index (χ0v) is 8.70. The van der Waals surface area contributed by atoms with Crippen LogP contribution in [0.3, 0.4) is 0 Å². The Bertz CT molecular complexity index is 433. The molecule has 0 bridgehead atoms. The number of aromatic nitrogens is 1. The van der Waals surface area contributed by atoms with E-state index in [0.717, 1.165) is 12.3 Å². The van der Waals surface area contributed by atoms with Gasteiger partial charge in [0.05, 0.1) is 11.5 Å². The van der Waals surface area contributed by atoms with Crippen molar-refractivity contribution in [3.05, 3.63) is 27.9 Å². The Hall–Kier alpha value is -2.22.